The number of nitrogens with zero attached hydrogens (tertiary/aromatic N) is 2. The molecule has 0 saturated heterocycles. The number of hydrazone groups is 1. The number of aryl methyl sites for hydroxylation is 1. The minimum Gasteiger partial charge on any atom is -0.493 e. The van der Waals surface area contributed by atoms with Crippen LogP contribution < -0.4 is 20.6 Å². The third-order valence-electron chi connectivity index (χ3n) is 3.07. The Kier molecular flexibility index (Phi) is 6.14. The van der Waals surface area contributed by atoms with Crippen LogP contribution in [0.2, 0.25) is 0 Å². The van der Waals surface area contributed by atoms with Gasteiger partial charge in [-0.25, -0.2) is 10.4 Å². The number of nitrogen functional groups attached to an aromatic ring is 1. The Hall–Kier alpha value is -2.61. The zero-order valence-corrected chi connectivity index (χ0v) is 14.6. The third-order valence-corrected chi connectivity index (χ3v) is 4.05. The lowest BCUT2D eigenvalue weighted by atomic mass is 10.2. The number of hydrogen-bond acceptors (Lipinski definition) is 7. The van der Waals surface area contributed by atoms with Crippen LogP contribution in [0.3, 0.4) is 0 Å². The van der Waals surface area contributed by atoms with Crippen molar-refractivity contribution in [1.29, 1.82) is 0 Å². The van der Waals surface area contributed by atoms with Gasteiger partial charge >= 0.3 is 0 Å². The first kappa shape index (κ1) is 17.7. The zero-order valence-electron chi connectivity index (χ0n) is 13.8. The van der Waals surface area contributed by atoms with E-state index in [1.54, 1.807) is 14.0 Å². The maximum atomic E-state index is 12.1. The number of rotatable bonds is 7. The minimum atomic E-state index is -0.350. The van der Waals surface area contributed by atoms with Gasteiger partial charge in [-0.2, -0.15) is 5.10 Å². The molecular formula is C16H20N4O3S. The van der Waals surface area contributed by atoms with E-state index in [-0.39, 0.29) is 5.91 Å². The quantitative estimate of drug-likeness (QED) is 0.592. The van der Waals surface area contributed by atoms with Gasteiger partial charge in [0.15, 0.2) is 16.6 Å². The van der Waals surface area contributed by atoms with Crippen LogP contribution in [0.5, 0.6) is 11.5 Å². The number of ether oxygens (including phenoxy) is 2. The van der Waals surface area contributed by atoms with Crippen LogP contribution in [0.25, 0.3) is 0 Å². The Balaban J connectivity index is 2.13. The normalized spacial score (nSPS) is 10.8. The SMILES string of the molecule is CCCOc1c(/C=N\NC(=O)c2sc(N)nc2C)cccc1OC. The number of nitrogens with two attached hydrogens (primary N) is 1. The van der Waals surface area contributed by atoms with Gasteiger partial charge < -0.3 is 15.2 Å². The highest BCUT2D eigenvalue weighted by Crippen LogP contribution is 2.30. The first-order chi connectivity index (χ1) is 11.6. The molecule has 3 N–H and O–H groups in total. The number of amides is 1. The molecule has 0 aliphatic carbocycles. The van der Waals surface area contributed by atoms with Gasteiger partial charge in [-0.3, -0.25) is 4.79 Å². The van der Waals surface area contributed by atoms with Crippen molar-refractivity contribution < 1.29 is 14.3 Å². The molecule has 0 fully saturated rings. The van der Waals surface area contributed by atoms with Crippen LogP contribution in [0.1, 0.15) is 34.3 Å². The summed E-state index contributed by atoms with van der Waals surface area (Å²) in [5, 5.41) is 4.34. The van der Waals surface area contributed by atoms with Crippen molar-refractivity contribution in [2.24, 2.45) is 5.10 Å². The van der Waals surface area contributed by atoms with Crippen molar-refractivity contribution in [1.82, 2.24) is 10.4 Å². The highest BCUT2D eigenvalue weighted by atomic mass is 32.1. The lowest BCUT2D eigenvalue weighted by molar-refractivity contribution is 0.0958. The highest BCUT2D eigenvalue weighted by molar-refractivity contribution is 7.17. The van der Waals surface area contributed by atoms with E-state index in [0.29, 0.717) is 39.4 Å². The fourth-order valence-electron chi connectivity index (χ4n) is 1.99. The second-order valence-corrected chi connectivity index (χ2v) is 5.92. The van der Waals surface area contributed by atoms with Gasteiger partial charge in [0.05, 0.1) is 25.6 Å². The second kappa shape index (κ2) is 8.30. The molecule has 0 bridgehead atoms. The van der Waals surface area contributed by atoms with Crippen molar-refractivity contribution in [3.8, 4) is 11.5 Å². The number of aromatic nitrogens is 1. The minimum absolute atomic E-state index is 0.350. The molecule has 1 heterocycles. The predicted molar refractivity (Wildman–Crippen MR) is 95.1 cm³/mol. The van der Waals surface area contributed by atoms with Crippen LogP contribution in [0.4, 0.5) is 5.13 Å². The summed E-state index contributed by atoms with van der Waals surface area (Å²) in [5.41, 5.74) is 9.36. The van der Waals surface area contributed by atoms with Crippen LogP contribution in [0.15, 0.2) is 23.3 Å². The average molecular weight is 348 g/mol. The van der Waals surface area contributed by atoms with Gasteiger partial charge in [0.1, 0.15) is 4.88 Å². The summed E-state index contributed by atoms with van der Waals surface area (Å²) in [6, 6.07) is 5.47. The topological polar surface area (TPSA) is 98.8 Å². The van der Waals surface area contributed by atoms with Gasteiger partial charge in [0.2, 0.25) is 0 Å². The number of benzene rings is 1. The Morgan fingerprint density at radius 3 is 2.92 bits per heavy atom. The van der Waals surface area contributed by atoms with Crippen molar-refractivity contribution in [2.45, 2.75) is 20.3 Å². The monoisotopic (exact) mass is 348 g/mol. The van der Waals surface area contributed by atoms with Gasteiger partial charge in [-0.05, 0) is 25.5 Å². The van der Waals surface area contributed by atoms with Crippen molar-refractivity contribution in [2.75, 3.05) is 19.5 Å². The lowest BCUT2D eigenvalue weighted by Crippen LogP contribution is -2.17. The molecule has 0 atom stereocenters. The molecule has 0 spiro atoms. The van der Waals surface area contributed by atoms with Crippen LogP contribution in [-0.4, -0.2) is 30.8 Å². The van der Waals surface area contributed by atoms with Crippen LogP contribution >= 0.6 is 11.3 Å². The van der Waals surface area contributed by atoms with Crippen molar-refractivity contribution in [3.05, 3.63) is 34.3 Å². The number of thiazole rings is 1. The maximum Gasteiger partial charge on any atom is 0.283 e. The molecular weight excluding hydrogens is 328 g/mol. The molecule has 2 aromatic rings. The van der Waals surface area contributed by atoms with E-state index in [2.05, 4.69) is 15.5 Å². The van der Waals surface area contributed by atoms with Crippen molar-refractivity contribution >= 4 is 28.6 Å². The van der Waals surface area contributed by atoms with Gasteiger partial charge in [-0.15, -0.1) is 0 Å². The molecule has 0 unspecified atom stereocenters. The maximum absolute atomic E-state index is 12.1. The molecule has 1 aromatic heterocycles. The summed E-state index contributed by atoms with van der Waals surface area (Å²) >= 11 is 1.13. The number of nitrogens with one attached hydrogen (secondary N) is 1. The molecule has 0 saturated carbocycles. The molecule has 2 rings (SSSR count). The molecule has 8 heteroatoms. The van der Waals surface area contributed by atoms with E-state index < -0.39 is 0 Å². The summed E-state index contributed by atoms with van der Waals surface area (Å²) in [6.07, 6.45) is 2.39. The van der Waals surface area contributed by atoms with E-state index >= 15 is 0 Å². The Labute approximate surface area is 144 Å². The van der Waals surface area contributed by atoms with Gasteiger partial charge in [0, 0.05) is 5.56 Å². The molecule has 0 radical (unpaired) electrons. The Morgan fingerprint density at radius 1 is 1.50 bits per heavy atom. The fourth-order valence-corrected chi connectivity index (χ4v) is 2.72. The third kappa shape index (κ3) is 4.23. The smallest absolute Gasteiger partial charge is 0.283 e. The standard InChI is InChI=1S/C16H20N4O3S/c1-4-8-23-13-11(6-5-7-12(13)22-3)9-18-20-15(21)14-10(2)19-16(17)24-14/h5-7,9H,4,8H2,1-3H3,(H2,17,19)(H,20,21)/b18-9-. The number of carbonyl (C=O) groups excluding carboxylic acids is 1. The number of anilines is 1. The molecule has 1 amide bonds. The lowest BCUT2D eigenvalue weighted by Gasteiger charge is -2.12. The van der Waals surface area contributed by atoms with Crippen LogP contribution in [-0.2, 0) is 0 Å². The van der Waals surface area contributed by atoms with Crippen molar-refractivity contribution in [3.63, 3.8) is 0 Å². The second-order valence-electron chi connectivity index (χ2n) is 4.89. The summed E-state index contributed by atoms with van der Waals surface area (Å²) in [5.74, 6) is 0.861. The number of methoxy groups -OCH3 is 1. The average Bonchev–Trinajstić information content (AvgIpc) is 2.91. The predicted octanol–water partition coefficient (Wildman–Crippen LogP) is 2.60. The van der Waals surface area contributed by atoms with E-state index in [9.17, 15) is 4.79 Å². The van der Waals surface area contributed by atoms with E-state index in [1.165, 1.54) is 6.21 Å². The molecule has 7 nitrogen and oxygen atoms in total. The van der Waals surface area contributed by atoms with Gasteiger partial charge in [-0.1, -0.05) is 24.3 Å². The van der Waals surface area contributed by atoms with E-state index in [1.807, 2.05) is 25.1 Å². The highest BCUT2D eigenvalue weighted by Gasteiger charge is 2.13. The fraction of sp³-hybridized carbons (Fsp3) is 0.312. The summed E-state index contributed by atoms with van der Waals surface area (Å²) in [6.45, 7) is 4.31. The van der Waals surface area contributed by atoms with E-state index in [4.69, 9.17) is 15.2 Å². The molecule has 0 aliphatic rings. The molecule has 24 heavy (non-hydrogen) atoms. The molecule has 1 aromatic carbocycles. The summed E-state index contributed by atoms with van der Waals surface area (Å²) in [4.78, 5) is 16.5. The number of carbonyl (C=O) groups is 1. The zero-order chi connectivity index (χ0) is 17.5. The number of hydrogen-bond donors (Lipinski definition) is 2. The van der Waals surface area contributed by atoms with Gasteiger partial charge in [0.25, 0.3) is 5.91 Å². The first-order valence-electron chi connectivity index (χ1n) is 7.43. The first-order valence-corrected chi connectivity index (χ1v) is 8.24. The van der Waals surface area contributed by atoms with Crippen LogP contribution in [0, 0.1) is 6.92 Å². The number of para-hydroxylation sites is 1. The summed E-state index contributed by atoms with van der Waals surface area (Å²) in [7, 11) is 1.58. The summed E-state index contributed by atoms with van der Waals surface area (Å²) < 4.78 is 11.0. The largest absolute Gasteiger partial charge is 0.493 e. The molecule has 0 aliphatic heterocycles. The van der Waals surface area contributed by atoms with E-state index in [0.717, 1.165) is 17.8 Å². The Bertz CT molecular complexity index is 743. The Morgan fingerprint density at radius 2 is 2.29 bits per heavy atom. The molecule has 128 valence electrons.